The van der Waals surface area contributed by atoms with Gasteiger partial charge in [0, 0.05) is 25.6 Å². The molecule has 1 unspecified atom stereocenters. The van der Waals surface area contributed by atoms with Gasteiger partial charge in [0.2, 0.25) is 5.91 Å². The largest absolute Gasteiger partial charge is 0.491 e. The minimum absolute atomic E-state index is 0.231. The molecule has 1 aromatic rings. The predicted molar refractivity (Wildman–Crippen MR) is 101 cm³/mol. The number of benzene rings is 1. The Morgan fingerprint density at radius 2 is 1.96 bits per heavy atom. The average molecular weight is 357 g/mol. The van der Waals surface area contributed by atoms with Crippen LogP contribution in [0.25, 0.3) is 0 Å². The Morgan fingerprint density at radius 1 is 1.12 bits per heavy atom. The SMILES string of the molecule is O=C(CC1CCCC1)N(Cc1cccc(OCC2CCCO2)c1)C1CC1. The number of carbonyl (C=O) groups excluding carboxylic acids is 1. The summed E-state index contributed by atoms with van der Waals surface area (Å²) in [5.74, 6) is 1.85. The first-order chi connectivity index (χ1) is 12.8. The predicted octanol–water partition coefficient (Wildman–Crippen LogP) is 4.32. The van der Waals surface area contributed by atoms with E-state index in [1.807, 2.05) is 12.1 Å². The Labute approximate surface area is 156 Å². The molecular weight excluding hydrogens is 326 g/mol. The Kier molecular flexibility index (Phi) is 5.78. The first-order valence-corrected chi connectivity index (χ1v) is 10.4. The summed E-state index contributed by atoms with van der Waals surface area (Å²) in [6, 6.07) is 8.69. The van der Waals surface area contributed by atoms with E-state index in [-0.39, 0.29) is 6.10 Å². The van der Waals surface area contributed by atoms with Crippen molar-refractivity contribution >= 4 is 5.91 Å². The van der Waals surface area contributed by atoms with Crippen molar-refractivity contribution in [3.8, 4) is 5.75 Å². The molecule has 1 saturated heterocycles. The van der Waals surface area contributed by atoms with Crippen LogP contribution in [0.1, 0.15) is 63.4 Å². The van der Waals surface area contributed by atoms with Crippen LogP contribution in [-0.2, 0) is 16.1 Å². The van der Waals surface area contributed by atoms with E-state index in [0.29, 0.717) is 31.0 Å². The van der Waals surface area contributed by atoms with Gasteiger partial charge in [0.25, 0.3) is 0 Å². The zero-order valence-electron chi connectivity index (χ0n) is 15.7. The molecule has 0 bridgehead atoms. The van der Waals surface area contributed by atoms with E-state index in [1.165, 1.54) is 31.2 Å². The fraction of sp³-hybridized carbons (Fsp3) is 0.682. The highest BCUT2D eigenvalue weighted by Gasteiger charge is 2.33. The van der Waals surface area contributed by atoms with E-state index >= 15 is 0 Å². The first kappa shape index (κ1) is 17.8. The maximum atomic E-state index is 12.8. The molecule has 4 heteroatoms. The van der Waals surface area contributed by atoms with Gasteiger partial charge < -0.3 is 14.4 Å². The van der Waals surface area contributed by atoms with Gasteiger partial charge in [-0.05, 0) is 62.1 Å². The molecule has 1 heterocycles. The molecule has 2 aliphatic carbocycles. The fourth-order valence-electron chi connectivity index (χ4n) is 4.28. The summed E-state index contributed by atoms with van der Waals surface area (Å²) in [6.45, 7) is 2.19. The van der Waals surface area contributed by atoms with Crippen molar-refractivity contribution in [3.63, 3.8) is 0 Å². The third-order valence-electron chi connectivity index (χ3n) is 5.96. The van der Waals surface area contributed by atoms with E-state index in [0.717, 1.165) is 44.5 Å². The monoisotopic (exact) mass is 357 g/mol. The molecule has 1 aliphatic heterocycles. The Hall–Kier alpha value is -1.55. The molecule has 1 aromatic carbocycles. The van der Waals surface area contributed by atoms with Crippen molar-refractivity contribution < 1.29 is 14.3 Å². The molecule has 0 aromatic heterocycles. The molecule has 142 valence electrons. The lowest BCUT2D eigenvalue weighted by atomic mass is 10.0. The van der Waals surface area contributed by atoms with Crippen molar-refractivity contribution in [2.24, 2.45) is 5.92 Å². The van der Waals surface area contributed by atoms with Crippen molar-refractivity contribution in [3.05, 3.63) is 29.8 Å². The molecule has 26 heavy (non-hydrogen) atoms. The second-order valence-electron chi connectivity index (χ2n) is 8.20. The number of rotatable bonds is 8. The van der Waals surface area contributed by atoms with Gasteiger partial charge in [0.15, 0.2) is 0 Å². The quantitative estimate of drug-likeness (QED) is 0.696. The summed E-state index contributed by atoms with van der Waals surface area (Å²) in [4.78, 5) is 15.0. The van der Waals surface area contributed by atoms with E-state index in [4.69, 9.17) is 9.47 Å². The summed E-state index contributed by atoms with van der Waals surface area (Å²) >= 11 is 0. The van der Waals surface area contributed by atoms with Gasteiger partial charge in [-0.25, -0.2) is 0 Å². The minimum Gasteiger partial charge on any atom is -0.491 e. The van der Waals surface area contributed by atoms with Crippen molar-refractivity contribution in [1.82, 2.24) is 4.90 Å². The van der Waals surface area contributed by atoms with Crippen molar-refractivity contribution in [1.29, 1.82) is 0 Å². The van der Waals surface area contributed by atoms with Crippen LogP contribution in [-0.4, -0.2) is 36.2 Å². The van der Waals surface area contributed by atoms with Gasteiger partial charge in [-0.1, -0.05) is 25.0 Å². The molecule has 0 N–H and O–H groups in total. The molecule has 1 amide bonds. The number of hydrogen-bond acceptors (Lipinski definition) is 3. The lowest BCUT2D eigenvalue weighted by Crippen LogP contribution is -2.33. The summed E-state index contributed by atoms with van der Waals surface area (Å²) in [7, 11) is 0. The highest BCUT2D eigenvalue weighted by Crippen LogP contribution is 2.33. The zero-order valence-corrected chi connectivity index (χ0v) is 15.7. The topological polar surface area (TPSA) is 38.8 Å². The van der Waals surface area contributed by atoms with Crippen LogP contribution in [0.15, 0.2) is 24.3 Å². The zero-order chi connectivity index (χ0) is 17.8. The molecule has 0 spiro atoms. The second kappa shape index (κ2) is 8.43. The van der Waals surface area contributed by atoms with E-state index in [1.54, 1.807) is 0 Å². The lowest BCUT2D eigenvalue weighted by Gasteiger charge is -2.24. The first-order valence-electron chi connectivity index (χ1n) is 10.4. The number of carbonyl (C=O) groups is 1. The normalized spacial score (nSPS) is 23.3. The number of nitrogens with zero attached hydrogens (tertiary/aromatic N) is 1. The van der Waals surface area contributed by atoms with Gasteiger partial charge in [-0.15, -0.1) is 0 Å². The van der Waals surface area contributed by atoms with E-state index in [9.17, 15) is 4.79 Å². The van der Waals surface area contributed by atoms with Crippen LogP contribution in [0, 0.1) is 5.92 Å². The second-order valence-corrected chi connectivity index (χ2v) is 8.20. The standard InChI is InChI=1S/C22H31NO3/c24-22(14-17-5-1-2-6-17)23(19-10-11-19)15-18-7-3-8-20(13-18)26-16-21-9-4-12-25-21/h3,7-8,13,17,19,21H,1-2,4-6,9-12,14-16H2. The lowest BCUT2D eigenvalue weighted by molar-refractivity contribution is -0.133. The Bertz CT molecular complexity index is 601. The average Bonchev–Trinajstić information content (AvgIpc) is 3.12. The smallest absolute Gasteiger partial charge is 0.223 e. The molecule has 3 fully saturated rings. The molecule has 2 saturated carbocycles. The van der Waals surface area contributed by atoms with Gasteiger partial charge in [0.05, 0.1) is 6.10 Å². The highest BCUT2D eigenvalue weighted by molar-refractivity contribution is 5.77. The number of ether oxygens (including phenoxy) is 2. The van der Waals surface area contributed by atoms with Crippen molar-refractivity contribution in [2.45, 2.75) is 76.5 Å². The van der Waals surface area contributed by atoms with Crippen LogP contribution in [0.2, 0.25) is 0 Å². The molecule has 0 radical (unpaired) electrons. The van der Waals surface area contributed by atoms with Gasteiger partial charge in [-0.2, -0.15) is 0 Å². The minimum atomic E-state index is 0.231. The van der Waals surface area contributed by atoms with E-state index < -0.39 is 0 Å². The molecule has 3 aliphatic rings. The molecule has 4 nitrogen and oxygen atoms in total. The Balaban J connectivity index is 1.34. The van der Waals surface area contributed by atoms with Crippen LogP contribution in [0.4, 0.5) is 0 Å². The fourth-order valence-corrected chi connectivity index (χ4v) is 4.28. The number of amides is 1. The Morgan fingerprint density at radius 3 is 2.69 bits per heavy atom. The van der Waals surface area contributed by atoms with E-state index in [2.05, 4.69) is 17.0 Å². The van der Waals surface area contributed by atoms with Crippen LogP contribution in [0.5, 0.6) is 5.75 Å². The summed E-state index contributed by atoms with van der Waals surface area (Å²) in [6.07, 6.45) is 10.6. The summed E-state index contributed by atoms with van der Waals surface area (Å²) in [5, 5.41) is 0. The van der Waals surface area contributed by atoms with Crippen LogP contribution >= 0.6 is 0 Å². The van der Waals surface area contributed by atoms with Crippen LogP contribution < -0.4 is 4.74 Å². The number of hydrogen-bond donors (Lipinski definition) is 0. The third kappa shape index (κ3) is 4.79. The third-order valence-corrected chi connectivity index (χ3v) is 5.96. The maximum Gasteiger partial charge on any atom is 0.223 e. The summed E-state index contributed by atoms with van der Waals surface area (Å²) < 4.78 is 11.6. The van der Waals surface area contributed by atoms with Gasteiger partial charge >= 0.3 is 0 Å². The van der Waals surface area contributed by atoms with Gasteiger partial charge in [0.1, 0.15) is 12.4 Å². The van der Waals surface area contributed by atoms with Gasteiger partial charge in [-0.3, -0.25) is 4.79 Å². The maximum absolute atomic E-state index is 12.8. The molecular formula is C22H31NO3. The van der Waals surface area contributed by atoms with Crippen LogP contribution in [0.3, 0.4) is 0 Å². The molecule has 1 atom stereocenters. The summed E-state index contributed by atoms with van der Waals surface area (Å²) in [5.41, 5.74) is 1.17. The van der Waals surface area contributed by atoms with Crippen molar-refractivity contribution in [2.75, 3.05) is 13.2 Å². The molecule has 4 rings (SSSR count). The highest BCUT2D eigenvalue weighted by atomic mass is 16.5.